The van der Waals surface area contributed by atoms with Crippen molar-refractivity contribution in [3.63, 3.8) is 0 Å². The first kappa shape index (κ1) is 10.3. The van der Waals surface area contributed by atoms with Crippen molar-refractivity contribution in [3.8, 4) is 0 Å². The van der Waals surface area contributed by atoms with Gasteiger partial charge in [-0.3, -0.25) is 5.32 Å². The van der Waals surface area contributed by atoms with Crippen molar-refractivity contribution in [1.29, 1.82) is 0 Å². The minimum Gasteiger partial charge on any atom is -0.297 e. The zero-order valence-corrected chi connectivity index (χ0v) is 10.6. The third-order valence-corrected chi connectivity index (χ3v) is 4.60. The number of aryl methyl sites for hydroxylation is 1. The van der Waals surface area contributed by atoms with E-state index in [1.165, 1.54) is 35.1 Å². The van der Waals surface area contributed by atoms with Gasteiger partial charge in [-0.1, -0.05) is 48.5 Å². The number of fused-ring (bicyclic) bond motifs is 7. The van der Waals surface area contributed by atoms with Crippen LogP contribution in [0.15, 0.2) is 48.5 Å². The Morgan fingerprint density at radius 1 is 1.00 bits per heavy atom. The molecule has 0 spiro atoms. The minimum atomic E-state index is -0.00560. The van der Waals surface area contributed by atoms with Crippen LogP contribution < -0.4 is 5.32 Å². The number of hydrogen-bond acceptors (Lipinski definition) is 1. The Morgan fingerprint density at radius 3 is 2.61 bits per heavy atom. The van der Waals surface area contributed by atoms with Gasteiger partial charge in [0.05, 0.1) is 5.54 Å². The molecule has 4 rings (SSSR count). The zero-order chi connectivity index (χ0) is 12.2. The molecular formula is C17H17N. The Kier molecular flexibility index (Phi) is 1.98. The molecule has 1 N–H and O–H groups in total. The van der Waals surface area contributed by atoms with Crippen LogP contribution in [0.1, 0.15) is 41.6 Å². The largest absolute Gasteiger partial charge is 0.297 e. The van der Waals surface area contributed by atoms with Gasteiger partial charge in [0.2, 0.25) is 0 Å². The van der Waals surface area contributed by atoms with Gasteiger partial charge in [-0.25, -0.2) is 0 Å². The van der Waals surface area contributed by atoms with Crippen LogP contribution in [0.25, 0.3) is 0 Å². The van der Waals surface area contributed by atoms with Crippen LogP contribution in [-0.2, 0) is 12.0 Å². The molecule has 2 atom stereocenters. The van der Waals surface area contributed by atoms with E-state index >= 15 is 0 Å². The van der Waals surface area contributed by atoms with E-state index in [9.17, 15) is 0 Å². The van der Waals surface area contributed by atoms with Crippen molar-refractivity contribution in [2.45, 2.75) is 31.3 Å². The molecule has 0 aliphatic carbocycles. The lowest BCUT2D eigenvalue weighted by Gasteiger charge is -2.28. The quantitative estimate of drug-likeness (QED) is 0.736. The summed E-state index contributed by atoms with van der Waals surface area (Å²) < 4.78 is 0. The van der Waals surface area contributed by atoms with Gasteiger partial charge in [0, 0.05) is 6.04 Å². The highest BCUT2D eigenvalue weighted by Crippen LogP contribution is 2.46. The highest BCUT2D eigenvalue weighted by molar-refractivity contribution is 5.51. The van der Waals surface area contributed by atoms with Gasteiger partial charge in [-0.2, -0.15) is 0 Å². The first-order chi connectivity index (χ1) is 8.79. The van der Waals surface area contributed by atoms with Gasteiger partial charge >= 0.3 is 0 Å². The van der Waals surface area contributed by atoms with E-state index in [1.54, 1.807) is 0 Å². The van der Waals surface area contributed by atoms with Crippen LogP contribution >= 0.6 is 0 Å². The van der Waals surface area contributed by atoms with E-state index < -0.39 is 0 Å². The van der Waals surface area contributed by atoms with E-state index in [4.69, 9.17) is 0 Å². The molecular weight excluding hydrogens is 218 g/mol. The zero-order valence-electron chi connectivity index (χ0n) is 10.6. The topological polar surface area (TPSA) is 12.0 Å². The molecule has 0 aromatic heterocycles. The van der Waals surface area contributed by atoms with E-state index in [-0.39, 0.29) is 5.54 Å². The summed E-state index contributed by atoms with van der Waals surface area (Å²) in [6, 6.07) is 18.3. The first-order valence-corrected chi connectivity index (χ1v) is 6.74. The normalized spacial score (nSPS) is 28.4. The Bertz CT molecular complexity index is 617. The highest BCUT2D eigenvalue weighted by atomic mass is 15.0. The molecule has 2 aliphatic rings. The van der Waals surface area contributed by atoms with Crippen molar-refractivity contribution in [2.24, 2.45) is 0 Å². The van der Waals surface area contributed by atoms with Gasteiger partial charge in [0.1, 0.15) is 0 Å². The van der Waals surface area contributed by atoms with E-state index in [0.29, 0.717) is 6.04 Å². The number of nitrogens with one attached hydrogen (secondary N) is 1. The van der Waals surface area contributed by atoms with Gasteiger partial charge in [-0.05, 0) is 42.0 Å². The maximum absolute atomic E-state index is 3.85. The second-order valence-electron chi connectivity index (χ2n) is 5.60. The van der Waals surface area contributed by atoms with Gasteiger partial charge in [0.15, 0.2) is 0 Å². The molecule has 90 valence electrons. The molecule has 0 radical (unpaired) electrons. The fraction of sp³-hybridized carbons (Fsp3) is 0.294. The SMILES string of the molecule is C[C@@]12N[C@@H](CCc3ccccc31)c1ccccc12. The van der Waals surface area contributed by atoms with Gasteiger partial charge < -0.3 is 0 Å². The number of rotatable bonds is 0. The Hall–Kier alpha value is -1.60. The summed E-state index contributed by atoms with van der Waals surface area (Å²) in [6.07, 6.45) is 2.38. The van der Waals surface area contributed by atoms with E-state index in [0.717, 1.165) is 0 Å². The molecule has 2 aliphatic heterocycles. The third kappa shape index (κ3) is 1.20. The van der Waals surface area contributed by atoms with Crippen LogP contribution in [0, 0.1) is 0 Å². The van der Waals surface area contributed by atoms with Crippen molar-refractivity contribution < 1.29 is 0 Å². The van der Waals surface area contributed by atoms with Crippen LogP contribution in [0.2, 0.25) is 0 Å². The van der Waals surface area contributed by atoms with Crippen LogP contribution in [0.5, 0.6) is 0 Å². The number of hydrogen-bond donors (Lipinski definition) is 1. The molecule has 0 saturated heterocycles. The predicted molar refractivity (Wildman–Crippen MR) is 73.5 cm³/mol. The summed E-state index contributed by atoms with van der Waals surface area (Å²) in [5, 5.41) is 3.85. The van der Waals surface area contributed by atoms with Crippen molar-refractivity contribution in [1.82, 2.24) is 5.32 Å². The van der Waals surface area contributed by atoms with Gasteiger partial charge in [-0.15, -0.1) is 0 Å². The van der Waals surface area contributed by atoms with Crippen LogP contribution in [0.4, 0.5) is 0 Å². The predicted octanol–water partition coefficient (Wildman–Crippen LogP) is 3.54. The average Bonchev–Trinajstić information content (AvgIpc) is 2.61. The lowest BCUT2D eigenvalue weighted by atomic mass is 9.80. The van der Waals surface area contributed by atoms with Crippen LogP contribution in [0.3, 0.4) is 0 Å². The highest BCUT2D eigenvalue weighted by Gasteiger charge is 2.43. The molecule has 18 heavy (non-hydrogen) atoms. The van der Waals surface area contributed by atoms with Crippen molar-refractivity contribution in [3.05, 3.63) is 70.8 Å². The summed E-state index contributed by atoms with van der Waals surface area (Å²) in [7, 11) is 0. The van der Waals surface area contributed by atoms with Crippen molar-refractivity contribution in [2.75, 3.05) is 0 Å². The Morgan fingerprint density at radius 2 is 1.72 bits per heavy atom. The minimum absolute atomic E-state index is 0.00560. The molecule has 1 nitrogen and oxygen atoms in total. The lowest BCUT2D eigenvalue weighted by molar-refractivity contribution is 0.423. The molecule has 1 heteroatoms. The molecule has 0 saturated carbocycles. The Balaban J connectivity index is 2.03. The fourth-order valence-corrected chi connectivity index (χ4v) is 3.74. The second kappa shape index (κ2) is 3.46. The number of benzene rings is 2. The molecule has 0 unspecified atom stereocenters. The lowest BCUT2D eigenvalue weighted by Crippen LogP contribution is -2.35. The monoisotopic (exact) mass is 235 g/mol. The second-order valence-corrected chi connectivity index (χ2v) is 5.60. The third-order valence-electron chi connectivity index (χ3n) is 4.60. The first-order valence-electron chi connectivity index (χ1n) is 6.74. The van der Waals surface area contributed by atoms with E-state index in [1.807, 2.05) is 0 Å². The molecule has 0 amide bonds. The Labute approximate surface area is 108 Å². The summed E-state index contributed by atoms with van der Waals surface area (Å²) in [6.45, 7) is 2.33. The summed E-state index contributed by atoms with van der Waals surface area (Å²) in [5.74, 6) is 0. The summed E-state index contributed by atoms with van der Waals surface area (Å²) in [4.78, 5) is 0. The fourth-order valence-electron chi connectivity index (χ4n) is 3.74. The maximum atomic E-state index is 3.85. The molecule has 2 aromatic rings. The van der Waals surface area contributed by atoms with Crippen molar-refractivity contribution >= 4 is 0 Å². The van der Waals surface area contributed by atoms with E-state index in [2.05, 4.69) is 60.8 Å². The van der Waals surface area contributed by atoms with Gasteiger partial charge in [0.25, 0.3) is 0 Å². The van der Waals surface area contributed by atoms with Crippen LogP contribution in [-0.4, -0.2) is 0 Å². The maximum Gasteiger partial charge on any atom is 0.0672 e. The molecule has 0 fully saturated rings. The smallest absolute Gasteiger partial charge is 0.0672 e. The summed E-state index contributed by atoms with van der Waals surface area (Å²) in [5.41, 5.74) is 5.91. The standard InChI is InChI=1S/C17H17N/c1-17-14-8-4-2-6-12(14)10-11-16(18-17)13-7-3-5-9-15(13)17/h2-9,16,18H,10-11H2,1H3/t16-,17+/m0/s1. The molecule has 2 bridgehead atoms. The molecule has 2 aromatic carbocycles. The molecule has 2 heterocycles. The summed E-state index contributed by atoms with van der Waals surface area (Å²) >= 11 is 0. The average molecular weight is 235 g/mol.